The largest absolute Gasteiger partial charge is 0.493 e. The predicted octanol–water partition coefficient (Wildman–Crippen LogP) is 7.98. The highest BCUT2D eigenvalue weighted by Gasteiger charge is 2.34. The van der Waals surface area contributed by atoms with Crippen LogP contribution in [0.15, 0.2) is 60.7 Å². The van der Waals surface area contributed by atoms with E-state index >= 15 is 0 Å². The number of esters is 1. The summed E-state index contributed by atoms with van der Waals surface area (Å²) in [5.74, 6) is 3.15. The average molecular weight is 707 g/mol. The van der Waals surface area contributed by atoms with Crippen molar-refractivity contribution in [1.82, 2.24) is 9.80 Å². The van der Waals surface area contributed by atoms with E-state index in [1.807, 2.05) is 30.3 Å². The summed E-state index contributed by atoms with van der Waals surface area (Å²) in [5, 5.41) is 10.5. The fourth-order valence-electron chi connectivity index (χ4n) is 7.97. The molecule has 6 bridgehead atoms. The second-order valence-electron chi connectivity index (χ2n) is 14.3. The van der Waals surface area contributed by atoms with Gasteiger partial charge in [0.1, 0.15) is 17.1 Å². The number of aliphatic hydroxyl groups is 1. The molecule has 0 aliphatic carbocycles. The van der Waals surface area contributed by atoms with Crippen LogP contribution in [0.2, 0.25) is 0 Å². The van der Waals surface area contributed by atoms with Crippen molar-refractivity contribution in [3.8, 4) is 34.5 Å². The lowest BCUT2D eigenvalue weighted by molar-refractivity contribution is 0.0495. The fourth-order valence-corrected chi connectivity index (χ4v) is 7.97. The molecule has 4 aromatic carbocycles. The van der Waals surface area contributed by atoms with Gasteiger partial charge in [-0.25, -0.2) is 4.79 Å². The highest BCUT2D eigenvalue weighted by atomic mass is 16.5. The molecule has 0 spiro atoms. The maximum Gasteiger partial charge on any atom is 0.341 e. The van der Waals surface area contributed by atoms with Crippen LogP contribution in [0.3, 0.4) is 0 Å². The Morgan fingerprint density at radius 3 is 2.29 bits per heavy atom. The van der Waals surface area contributed by atoms with E-state index in [9.17, 15) is 9.90 Å². The molecule has 0 fully saturated rings. The molecule has 1 N–H and O–H groups in total. The van der Waals surface area contributed by atoms with Gasteiger partial charge in [-0.3, -0.25) is 9.80 Å². The van der Waals surface area contributed by atoms with Crippen LogP contribution < -0.4 is 18.9 Å². The van der Waals surface area contributed by atoms with E-state index in [-0.39, 0.29) is 24.7 Å². The Balaban J connectivity index is 1.39. The first-order valence-corrected chi connectivity index (χ1v) is 18.5. The van der Waals surface area contributed by atoms with Crippen molar-refractivity contribution in [2.45, 2.75) is 70.6 Å². The van der Waals surface area contributed by atoms with Crippen LogP contribution in [0.4, 0.5) is 0 Å². The lowest BCUT2D eigenvalue weighted by atomic mass is 9.86. The molecule has 9 heteroatoms. The maximum absolute atomic E-state index is 13.4. The second kappa shape index (κ2) is 15.6. The van der Waals surface area contributed by atoms with Crippen LogP contribution in [-0.2, 0) is 37.0 Å². The number of benzene rings is 4. The molecule has 9 nitrogen and oxygen atoms in total. The summed E-state index contributed by atoms with van der Waals surface area (Å²) < 4.78 is 31.2. The molecule has 4 heterocycles. The van der Waals surface area contributed by atoms with Gasteiger partial charge in [0, 0.05) is 36.3 Å². The Kier molecular flexibility index (Phi) is 10.7. The van der Waals surface area contributed by atoms with Crippen molar-refractivity contribution in [2.75, 3.05) is 48.0 Å². The molecule has 4 aromatic rings. The topological polar surface area (TPSA) is 89.9 Å². The molecule has 0 saturated carbocycles. The molecule has 274 valence electrons. The van der Waals surface area contributed by atoms with Gasteiger partial charge in [-0.05, 0) is 116 Å². The highest BCUT2D eigenvalue weighted by Crippen LogP contribution is 2.50. The molecule has 0 amide bonds. The summed E-state index contributed by atoms with van der Waals surface area (Å²) in [4.78, 5) is 18.1. The van der Waals surface area contributed by atoms with Gasteiger partial charge in [0.05, 0.1) is 27.4 Å². The average Bonchev–Trinajstić information content (AvgIpc) is 3.15. The fraction of sp³-hybridized carbons (Fsp3) is 0.419. The van der Waals surface area contributed by atoms with E-state index in [1.165, 1.54) is 5.56 Å². The number of ether oxygens (including phenoxy) is 5. The van der Waals surface area contributed by atoms with Crippen molar-refractivity contribution >= 4 is 5.97 Å². The number of methoxy groups -OCH3 is 2. The third-order valence-electron chi connectivity index (χ3n) is 10.9. The number of hydrogen-bond acceptors (Lipinski definition) is 9. The normalized spacial score (nSPS) is 18.3. The van der Waals surface area contributed by atoms with Crippen molar-refractivity contribution in [1.29, 1.82) is 0 Å². The molecule has 52 heavy (non-hydrogen) atoms. The molecule has 0 saturated heterocycles. The number of carbonyl (C=O) groups excluding carboxylic acids is 1. The zero-order chi connectivity index (χ0) is 36.4. The van der Waals surface area contributed by atoms with E-state index in [0.29, 0.717) is 65.1 Å². The third-order valence-corrected chi connectivity index (χ3v) is 10.9. The third kappa shape index (κ3) is 7.09. The van der Waals surface area contributed by atoms with Crippen LogP contribution in [0.25, 0.3) is 0 Å². The molecule has 4 aliphatic heterocycles. The van der Waals surface area contributed by atoms with Crippen molar-refractivity contribution in [2.24, 2.45) is 0 Å². The maximum atomic E-state index is 13.4. The Morgan fingerprint density at radius 1 is 0.827 bits per heavy atom. The number of fused-ring (bicyclic) bond motifs is 2. The lowest BCUT2D eigenvalue weighted by Gasteiger charge is -2.37. The Bertz CT molecular complexity index is 1920. The highest BCUT2D eigenvalue weighted by molar-refractivity contribution is 5.92. The molecule has 2 atom stereocenters. The first-order chi connectivity index (χ1) is 25.3. The van der Waals surface area contributed by atoms with Gasteiger partial charge in [-0.1, -0.05) is 38.0 Å². The summed E-state index contributed by atoms with van der Waals surface area (Å²) in [6.45, 7) is 4.09. The molecular formula is C43H50N2O7. The zero-order valence-corrected chi connectivity index (χ0v) is 31.0. The monoisotopic (exact) mass is 706 g/mol. The summed E-state index contributed by atoms with van der Waals surface area (Å²) in [6.07, 6.45) is 5.98. The van der Waals surface area contributed by atoms with Gasteiger partial charge < -0.3 is 28.8 Å². The predicted molar refractivity (Wildman–Crippen MR) is 200 cm³/mol. The Morgan fingerprint density at radius 2 is 1.56 bits per heavy atom. The van der Waals surface area contributed by atoms with E-state index in [4.69, 9.17) is 23.7 Å². The minimum atomic E-state index is -0.375. The zero-order valence-electron chi connectivity index (χ0n) is 31.0. The first kappa shape index (κ1) is 35.8. The molecule has 0 aromatic heterocycles. The van der Waals surface area contributed by atoms with Gasteiger partial charge in [0.25, 0.3) is 0 Å². The van der Waals surface area contributed by atoms with E-state index in [2.05, 4.69) is 61.2 Å². The quantitative estimate of drug-likeness (QED) is 0.145. The lowest BCUT2D eigenvalue weighted by Crippen LogP contribution is -2.34. The number of nitrogens with zero attached hydrogens (tertiary/aromatic N) is 2. The van der Waals surface area contributed by atoms with E-state index < -0.39 is 0 Å². The number of carbonyl (C=O) groups is 1. The van der Waals surface area contributed by atoms with Gasteiger partial charge in [-0.15, -0.1) is 0 Å². The molecular weight excluding hydrogens is 656 g/mol. The molecule has 4 aliphatic rings. The Hall–Kier alpha value is -4.57. The van der Waals surface area contributed by atoms with Crippen LogP contribution in [0, 0.1) is 0 Å². The van der Waals surface area contributed by atoms with Crippen LogP contribution >= 0.6 is 0 Å². The second-order valence-corrected chi connectivity index (χ2v) is 14.3. The number of likely N-dealkylation sites (N-methyl/N-ethyl adjacent to an activating group) is 2. The first-order valence-electron chi connectivity index (χ1n) is 18.5. The molecule has 0 unspecified atom stereocenters. The van der Waals surface area contributed by atoms with Gasteiger partial charge in [0.15, 0.2) is 23.0 Å². The number of unbranched alkanes of at least 4 members (excludes halogenated alkanes) is 2. The number of hydrogen-bond donors (Lipinski definition) is 1. The number of aliphatic hydroxyl groups excluding tert-OH is 1. The Labute approximate surface area is 307 Å². The minimum absolute atomic E-state index is 0.0216. The molecule has 0 radical (unpaired) electrons. The number of rotatable bonds is 8. The van der Waals surface area contributed by atoms with E-state index in [0.717, 1.165) is 73.0 Å². The summed E-state index contributed by atoms with van der Waals surface area (Å²) in [6, 6.07) is 20.2. The summed E-state index contributed by atoms with van der Waals surface area (Å²) in [5.41, 5.74) is 7.83. The summed E-state index contributed by atoms with van der Waals surface area (Å²) in [7, 11) is 7.60. The smallest absolute Gasteiger partial charge is 0.341 e. The van der Waals surface area contributed by atoms with Crippen LogP contribution in [0.5, 0.6) is 34.5 Å². The minimum Gasteiger partial charge on any atom is -0.493 e. The van der Waals surface area contributed by atoms with Crippen LogP contribution in [0.1, 0.15) is 87.6 Å². The summed E-state index contributed by atoms with van der Waals surface area (Å²) >= 11 is 0. The van der Waals surface area contributed by atoms with Gasteiger partial charge >= 0.3 is 5.97 Å². The van der Waals surface area contributed by atoms with E-state index in [1.54, 1.807) is 14.2 Å². The van der Waals surface area contributed by atoms with Crippen molar-refractivity contribution in [3.05, 3.63) is 105 Å². The standard InChI is InChI=1S/C43H50N2O7/c1-6-7-8-19-50-43(47)33-14-11-28-21-35-34-25-39(38(48-4)24-29(34)15-17-44(35)2)52-42-40-30(23-31(26-46)41(42)49-5)16-18-45(3)36(40)20-27-9-12-32(13-10-27)51-37(33)22-28/h9-14,22-25,35-36,46H,6-8,15-21,26H2,1-5H3/t35-,36+/m1/s1. The van der Waals surface area contributed by atoms with Crippen molar-refractivity contribution in [3.63, 3.8) is 0 Å². The molecule has 8 rings (SSSR count). The van der Waals surface area contributed by atoms with Crippen LogP contribution in [-0.4, -0.2) is 68.9 Å². The van der Waals surface area contributed by atoms with Crippen molar-refractivity contribution < 1.29 is 33.6 Å². The van der Waals surface area contributed by atoms with Gasteiger partial charge in [-0.2, -0.15) is 0 Å². The SMILES string of the molecule is CCCCCOC(=O)c1ccc2cc1Oc1ccc(cc1)C[C@H]1c3c(cc(CO)c(OC)c3Oc3cc4c(cc3OC)CCN(C)[C@@H]4C2)CCN1C. The van der Waals surface area contributed by atoms with Gasteiger partial charge in [0.2, 0.25) is 0 Å².